The monoisotopic (exact) mass is 408 g/mol. The number of ketones is 1. The number of amides is 1. The molecule has 30 heavy (non-hydrogen) atoms. The molecule has 4 rings (SSSR count). The SMILES string of the molecule is CC(=O)c1ccc(C2(c3ccc(OC(=O)N4CCNCC4)cc3)CCOCC2)cc1. The minimum absolute atomic E-state index is 0.0678. The summed E-state index contributed by atoms with van der Waals surface area (Å²) in [5.74, 6) is 0.620. The molecule has 0 unspecified atom stereocenters. The Labute approximate surface area is 177 Å². The van der Waals surface area contributed by atoms with Crippen LogP contribution in [0.3, 0.4) is 0 Å². The van der Waals surface area contributed by atoms with Crippen LogP contribution in [-0.4, -0.2) is 56.2 Å². The van der Waals surface area contributed by atoms with Crippen LogP contribution in [0.4, 0.5) is 4.79 Å². The third-order valence-corrected chi connectivity index (χ3v) is 6.18. The topological polar surface area (TPSA) is 67.9 Å². The van der Waals surface area contributed by atoms with Crippen LogP contribution in [0.25, 0.3) is 0 Å². The van der Waals surface area contributed by atoms with Gasteiger partial charge in [0.25, 0.3) is 0 Å². The standard InChI is InChI=1S/C24H28N2O4/c1-18(27)19-2-4-20(5-3-19)24(10-16-29-17-11-24)21-6-8-22(9-7-21)30-23(28)26-14-12-25-13-15-26/h2-9,25H,10-17H2,1H3. The van der Waals surface area contributed by atoms with Crippen molar-refractivity contribution in [3.05, 3.63) is 65.2 Å². The second-order valence-corrected chi connectivity index (χ2v) is 7.96. The van der Waals surface area contributed by atoms with E-state index in [4.69, 9.17) is 9.47 Å². The first-order valence-corrected chi connectivity index (χ1v) is 10.6. The number of nitrogens with one attached hydrogen (secondary N) is 1. The average Bonchev–Trinajstić information content (AvgIpc) is 2.80. The molecule has 0 bridgehead atoms. The molecule has 1 amide bonds. The van der Waals surface area contributed by atoms with Gasteiger partial charge in [0.1, 0.15) is 5.75 Å². The second-order valence-electron chi connectivity index (χ2n) is 7.96. The molecule has 2 aliphatic rings. The van der Waals surface area contributed by atoms with Crippen LogP contribution in [0.15, 0.2) is 48.5 Å². The van der Waals surface area contributed by atoms with Crippen molar-refractivity contribution in [2.24, 2.45) is 0 Å². The minimum Gasteiger partial charge on any atom is -0.410 e. The summed E-state index contributed by atoms with van der Waals surface area (Å²) in [7, 11) is 0. The highest BCUT2D eigenvalue weighted by molar-refractivity contribution is 5.94. The Kier molecular flexibility index (Phi) is 6.16. The van der Waals surface area contributed by atoms with Gasteiger partial charge < -0.3 is 19.7 Å². The largest absolute Gasteiger partial charge is 0.415 e. The molecule has 0 atom stereocenters. The van der Waals surface area contributed by atoms with Crippen LogP contribution in [0.5, 0.6) is 5.75 Å². The van der Waals surface area contributed by atoms with Crippen molar-refractivity contribution in [1.82, 2.24) is 10.2 Å². The number of ether oxygens (including phenoxy) is 2. The van der Waals surface area contributed by atoms with Crippen LogP contribution in [0.2, 0.25) is 0 Å². The lowest BCUT2D eigenvalue weighted by Gasteiger charge is -2.38. The molecule has 6 heteroatoms. The van der Waals surface area contributed by atoms with Gasteiger partial charge in [-0.1, -0.05) is 36.4 Å². The summed E-state index contributed by atoms with van der Waals surface area (Å²) in [4.78, 5) is 25.7. The van der Waals surface area contributed by atoms with Gasteiger partial charge in [0.15, 0.2) is 5.78 Å². The maximum atomic E-state index is 12.4. The van der Waals surface area contributed by atoms with Gasteiger partial charge in [0.05, 0.1) is 0 Å². The lowest BCUT2D eigenvalue weighted by molar-refractivity contribution is 0.0631. The first-order valence-electron chi connectivity index (χ1n) is 10.6. The van der Waals surface area contributed by atoms with Crippen molar-refractivity contribution >= 4 is 11.9 Å². The molecule has 0 saturated carbocycles. The van der Waals surface area contributed by atoms with Crippen molar-refractivity contribution < 1.29 is 19.1 Å². The van der Waals surface area contributed by atoms with E-state index in [9.17, 15) is 9.59 Å². The number of hydrogen-bond acceptors (Lipinski definition) is 5. The molecule has 2 aromatic carbocycles. The molecule has 1 N–H and O–H groups in total. The minimum atomic E-state index is -0.301. The summed E-state index contributed by atoms with van der Waals surface area (Å²) >= 11 is 0. The third kappa shape index (κ3) is 4.25. The van der Waals surface area contributed by atoms with E-state index < -0.39 is 0 Å². The summed E-state index contributed by atoms with van der Waals surface area (Å²) in [5.41, 5.74) is 2.90. The molecular weight excluding hydrogens is 380 g/mol. The highest BCUT2D eigenvalue weighted by atomic mass is 16.6. The molecule has 6 nitrogen and oxygen atoms in total. The number of rotatable bonds is 4. The fourth-order valence-electron chi connectivity index (χ4n) is 4.34. The van der Waals surface area contributed by atoms with Crippen molar-refractivity contribution in [3.63, 3.8) is 0 Å². The molecule has 0 radical (unpaired) electrons. The maximum absolute atomic E-state index is 12.4. The lowest BCUT2D eigenvalue weighted by atomic mass is 9.69. The Morgan fingerprint density at radius 2 is 1.50 bits per heavy atom. The maximum Gasteiger partial charge on any atom is 0.415 e. The molecule has 2 aliphatic heterocycles. The molecule has 2 fully saturated rings. The van der Waals surface area contributed by atoms with E-state index in [2.05, 4.69) is 17.4 Å². The van der Waals surface area contributed by atoms with Crippen LogP contribution in [0.1, 0.15) is 41.3 Å². The van der Waals surface area contributed by atoms with E-state index in [1.807, 2.05) is 36.4 Å². The smallest absolute Gasteiger partial charge is 0.410 e. The third-order valence-electron chi connectivity index (χ3n) is 6.18. The average molecular weight is 408 g/mol. The van der Waals surface area contributed by atoms with Gasteiger partial charge in [-0.05, 0) is 43.0 Å². The molecule has 2 aromatic rings. The number of piperazine rings is 1. The normalized spacial score (nSPS) is 18.6. The van der Waals surface area contributed by atoms with E-state index in [-0.39, 0.29) is 17.3 Å². The van der Waals surface area contributed by atoms with Crippen LogP contribution >= 0.6 is 0 Å². The molecular formula is C24H28N2O4. The highest BCUT2D eigenvalue weighted by Crippen LogP contribution is 2.41. The van der Waals surface area contributed by atoms with Gasteiger partial charge in [-0.25, -0.2) is 4.79 Å². The highest BCUT2D eigenvalue weighted by Gasteiger charge is 2.36. The van der Waals surface area contributed by atoms with Gasteiger partial charge in [-0.2, -0.15) is 0 Å². The first-order chi connectivity index (χ1) is 14.6. The summed E-state index contributed by atoms with van der Waals surface area (Å²) in [6.45, 7) is 5.87. The fraction of sp³-hybridized carbons (Fsp3) is 0.417. The quantitative estimate of drug-likeness (QED) is 0.786. The van der Waals surface area contributed by atoms with Gasteiger partial charge in [-0.15, -0.1) is 0 Å². The van der Waals surface area contributed by atoms with Crippen LogP contribution < -0.4 is 10.1 Å². The van der Waals surface area contributed by atoms with E-state index in [0.29, 0.717) is 32.1 Å². The Hall–Kier alpha value is -2.70. The number of benzene rings is 2. The summed E-state index contributed by atoms with van der Waals surface area (Å²) in [6, 6.07) is 15.8. The molecule has 158 valence electrons. The molecule has 2 heterocycles. The Morgan fingerprint density at radius 1 is 0.933 bits per heavy atom. The molecule has 0 aromatic heterocycles. The molecule has 2 saturated heterocycles. The summed E-state index contributed by atoms with van der Waals surface area (Å²) in [5, 5.41) is 3.23. The van der Waals surface area contributed by atoms with Crippen molar-refractivity contribution in [2.45, 2.75) is 25.2 Å². The van der Waals surface area contributed by atoms with Crippen molar-refractivity contribution in [3.8, 4) is 5.75 Å². The van der Waals surface area contributed by atoms with Crippen LogP contribution in [0, 0.1) is 0 Å². The Balaban J connectivity index is 1.55. The van der Waals surface area contributed by atoms with Gasteiger partial charge >= 0.3 is 6.09 Å². The lowest BCUT2D eigenvalue weighted by Crippen LogP contribution is -2.47. The summed E-state index contributed by atoms with van der Waals surface area (Å²) in [6.07, 6.45) is 1.43. The Bertz CT molecular complexity index is 880. The number of Topliss-reactive ketones (excluding diaryl/α,β-unsaturated/α-hetero) is 1. The zero-order chi connectivity index (χ0) is 21.0. The van der Waals surface area contributed by atoms with Gasteiger partial charge in [0.2, 0.25) is 0 Å². The van der Waals surface area contributed by atoms with Crippen molar-refractivity contribution in [1.29, 1.82) is 0 Å². The zero-order valence-corrected chi connectivity index (χ0v) is 17.4. The Morgan fingerprint density at radius 3 is 2.07 bits per heavy atom. The van der Waals surface area contributed by atoms with E-state index >= 15 is 0 Å². The predicted molar refractivity (Wildman–Crippen MR) is 114 cm³/mol. The first kappa shape index (κ1) is 20.6. The second kappa shape index (κ2) is 8.98. The van der Waals surface area contributed by atoms with Crippen LogP contribution in [-0.2, 0) is 10.2 Å². The molecule has 0 aliphatic carbocycles. The summed E-state index contributed by atoms with van der Waals surface area (Å²) < 4.78 is 11.2. The van der Waals surface area contributed by atoms with Crippen molar-refractivity contribution in [2.75, 3.05) is 39.4 Å². The van der Waals surface area contributed by atoms with Gasteiger partial charge in [-0.3, -0.25) is 4.79 Å². The number of carbonyl (C=O) groups excluding carboxylic acids is 2. The fourth-order valence-corrected chi connectivity index (χ4v) is 4.34. The zero-order valence-electron chi connectivity index (χ0n) is 17.4. The number of hydrogen-bond donors (Lipinski definition) is 1. The van der Waals surface area contributed by atoms with E-state index in [0.717, 1.165) is 31.5 Å². The van der Waals surface area contributed by atoms with E-state index in [1.165, 1.54) is 11.1 Å². The predicted octanol–water partition coefficient (Wildman–Crippen LogP) is 3.39. The van der Waals surface area contributed by atoms with Gasteiger partial charge in [0, 0.05) is 50.4 Å². The van der Waals surface area contributed by atoms with E-state index in [1.54, 1.807) is 11.8 Å². The molecule has 0 spiro atoms. The number of carbonyl (C=O) groups is 2. The number of nitrogens with zero attached hydrogens (tertiary/aromatic N) is 1.